The summed E-state index contributed by atoms with van der Waals surface area (Å²) >= 11 is 1.30. The molecular weight excluding hydrogens is 238 g/mol. The SMILES string of the molecule is COc1cccc(OC(=O)c2ccsc2N)c1. The number of esters is 1. The number of anilines is 1. The molecule has 0 bridgehead atoms. The molecule has 5 heteroatoms. The van der Waals surface area contributed by atoms with E-state index >= 15 is 0 Å². The third-order valence-electron chi connectivity index (χ3n) is 2.17. The summed E-state index contributed by atoms with van der Waals surface area (Å²) in [5.41, 5.74) is 6.03. The first kappa shape index (κ1) is 11.5. The summed E-state index contributed by atoms with van der Waals surface area (Å²) < 4.78 is 10.2. The predicted octanol–water partition coefficient (Wildman–Crippen LogP) is 2.56. The van der Waals surface area contributed by atoms with Crippen molar-refractivity contribution in [1.29, 1.82) is 0 Å². The summed E-state index contributed by atoms with van der Waals surface area (Å²) in [7, 11) is 1.55. The van der Waals surface area contributed by atoms with Crippen molar-refractivity contribution in [1.82, 2.24) is 0 Å². The number of carbonyl (C=O) groups excluding carboxylic acids is 1. The van der Waals surface area contributed by atoms with Gasteiger partial charge in [-0.2, -0.15) is 0 Å². The van der Waals surface area contributed by atoms with Crippen molar-refractivity contribution >= 4 is 22.3 Å². The summed E-state index contributed by atoms with van der Waals surface area (Å²) in [6.07, 6.45) is 0. The molecule has 2 aromatic rings. The van der Waals surface area contributed by atoms with Crippen LogP contribution in [0.15, 0.2) is 35.7 Å². The number of ether oxygens (including phenoxy) is 2. The molecule has 0 spiro atoms. The number of rotatable bonds is 3. The number of methoxy groups -OCH3 is 1. The Morgan fingerprint density at radius 3 is 2.71 bits per heavy atom. The maximum atomic E-state index is 11.8. The van der Waals surface area contributed by atoms with Crippen LogP contribution < -0.4 is 15.2 Å². The molecule has 0 aliphatic heterocycles. The van der Waals surface area contributed by atoms with Crippen LogP contribution in [-0.2, 0) is 0 Å². The minimum Gasteiger partial charge on any atom is -0.497 e. The first-order valence-corrected chi connectivity index (χ1v) is 5.78. The molecule has 0 amide bonds. The van der Waals surface area contributed by atoms with Gasteiger partial charge in [0.05, 0.1) is 12.7 Å². The van der Waals surface area contributed by atoms with Gasteiger partial charge in [0.15, 0.2) is 0 Å². The topological polar surface area (TPSA) is 61.5 Å². The van der Waals surface area contributed by atoms with Gasteiger partial charge < -0.3 is 15.2 Å². The van der Waals surface area contributed by atoms with Crippen LogP contribution in [-0.4, -0.2) is 13.1 Å². The number of hydrogen-bond acceptors (Lipinski definition) is 5. The van der Waals surface area contributed by atoms with Crippen LogP contribution in [0, 0.1) is 0 Å². The first-order valence-electron chi connectivity index (χ1n) is 4.90. The van der Waals surface area contributed by atoms with E-state index < -0.39 is 5.97 Å². The molecule has 0 saturated heterocycles. The van der Waals surface area contributed by atoms with Gasteiger partial charge in [-0.15, -0.1) is 11.3 Å². The van der Waals surface area contributed by atoms with E-state index in [1.807, 2.05) is 0 Å². The average molecular weight is 249 g/mol. The molecule has 1 heterocycles. The van der Waals surface area contributed by atoms with Crippen molar-refractivity contribution in [3.8, 4) is 11.5 Å². The molecule has 0 saturated carbocycles. The quantitative estimate of drug-likeness (QED) is 0.670. The number of carbonyl (C=O) groups is 1. The molecule has 17 heavy (non-hydrogen) atoms. The summed E-state index contributed by atoms with van der Waals surface area (Å²) in [6, 6.07) is 8.49. The number of thiophene rings is 1. The third kappa shape index (κ3) is 2.57. The maximum Gasteiger partial charge on any atom is 0.346 e. The molecule has 0 fully saturated rings. The fraction of sp³-hybridized carbons (Fsp3) is 0.0833. The second kappa shape index (κ2) is 4.88. The maximum absolute atomic E-state index is 11.8. The zero-order valence-electron chi connectivity index (χ0n) is 9.17. The Morgan fingerprint density at radius 1 is 1.29 bits per heavy atom. The van der Waals surface area contributed by atoms with E-state index in [0.717, 1.165) is 0 Å². The zero-order valence-corrected chi connectivity index (χ0v) is 9.99. The van der Waals surface area contributed by atoms with Gasteiger partial charge in [0.25, 0.3) is 0 Å². The number of nitrogens with two attached hydrogens (primary N) is 1. The van der Waals surface area contributed by atoms with E-state index in [-0.39, 0.29) is 0 Å². The predicted molar refractivity (Wildman–Crippen MR) is 66.7 cm³/mol. The molecule has 2 rings (SSSR count). The lowest BCUT2D eigenvalue weighted by Crippen LogP contribution is -2.09. The highest BCUT2D eigenvalue weighted by Crippen LogP contribution is 2.23. The minimum absolute atomic E-state index is 0.387. The van der Waals surface area contributed by atoms with E-state index in [0.29, 0.717) is 22.1 Å². The van der Waals surface area contributed by atoms with Gasteiger partial charge in [-0.25, -0.2) is 4.79 Å². The summed E-state index contributed by atoms with van der Waals surface area (Å²) in [6.45, 7) is 0. The normalized spacial score (nSPS) is 9.94. The first-order chi connectivity index (χ1) is 8.20. The van der Waals surface area contributed by atoms with E-state index in [1.165, 1.54) is 11.3 Å². The highest BCUT2D eigenvalue weighted by Gasteiger charge is 2.13. The van der Waals surface area contributed by atoms with Crippen LogP contribution in [0.3, 0.4) is 0 Å². The van der Waals surface area contributed by atoms with E-state index in [1.54, 1.807) is 42.8 Å². The summed E-state index contributed by atoms with van der Waals surface area (Å²) in [5, 5.41) is 2.20. The highest BCUT2D eigenvalue weighted by molar-refractivity contribution is 7.14. The number of hydrogen-bond donors (Lipinski definition) is 1. The van der Waals surface area contributed by atoms with Crippen LogP contribution >= 0.6 is 11.3 Å². The smallest absolute Gasteiger partial charge is 0.346 e. The lowest BCUT2D eigenvalue weighted by molar-refractivity contribution is 0.0736. The monoisotopic (exact) mass is 249 g/mol. The van der Waals surface area contributed by atoms with Gasteiger partial charge >= 0.3 is 5.97 Å². The Labute approximate surface area is 103 Å². The molecule has 0 radical (unpaired) electrons. The van der Waals surface area contributed by atoms with Gasteiger partial charge in [-0.1, -0.05) is 6.07 Å². The van der Waals surface area contributed by atoms with Crippen molar-refractivity contribution in [2.45, 2.75) is 0 Å². The second-order valence-electron chi connectivity index (χ2n) is 3.27. The Hall–Kier alpha value is -2.01. The molecule has 4 nitrogen and oxygen atoms in total. The molecule has 0 aliphatic carbocycles. The van der Waals surface area contributed by atoms with Crippen LogP contribution in [0.5, 0.6) is 11.5 Å². The lowest BCUT2D eigenvalue weighted by Gasteiger charge is -2.05. The van der Waals surface area contributed by atoms with Gasteiger partial charge in [0, 0.05) is 6.07 Å². The van der Waals surface area contributed by atoms with Crippen molar-refractivity contribution in [3.63, 3.8) is 0 Å². The van der Waals surface area contributed by atoms with E-state index in [4.69, 9.17) is 15.2 Å². The summed E-state index contributed by atoms with van der Waals surface area (Å²) in [4.78, 5) is 11.8. The molecule has 88 valence electrons. The Kier molecular flexibility index (Phi) is 3.30. The molecule has 0 unspecified atom stereocenters. The molecular formula is C12H11NO3S. The van der Waals surface area contributed by atoms with E-state index in [9.17, 15) is 4.79 Å². The van der Waals surface area contributed by atoms with Crippen LogP contribution in [0.2, 0.25) is 0 Å². The van der Waals surface area contributed by atoms with Crippen LogP contribution in [0.1, 0.15) is 10.4 Å². The standard InChI is InChI=1S/C12H11NO3S/c1-15-8-3-2-4-9(7-8)16-12(14)10-5-6-17-11(10)13/h2-7H,13H2,1H3. The Balaban J connectivity index is 2.16. The lowest BCUT2D eigenvalue weighted by atomic mass is 10.3. The second-order valence-corrected chi connectivity index (χ2v) is 4.21. The van der Waals surface area contributed by atoms with Crippen molar-refractivity contribution in [2.75, 3.05) is 12.8 Å². The van der Waals surface area contributed by atoms with Gasteiger partial charge in [-0.05, 0) is 23.6 Å². The molecule has 2 N–H and O–H groups in total. The fourth-order valence-electron chi connectivity index (χ4n) is 1.32. The van der Waals surface area contributed by atoms with Crippen molar-refractivity contribution in [2.24, 2.45) is 0 Å². The summed E-state index contributed by atoms with van der Waals surface area (Å²) in [5.74, 6) is 0.602. The van der Waals surface area contributed by atoms with E-state index in [2.05, 4.69) is 0 Å². The zero-order chi connectivity index (χ0) is 12.3. The third-order valence-corrected chi connectivity index (χ3v) is 2.91. The molecule has 0 atom stereocenters. The largest absolute Gasteiger partial charge is 0.497 e. The van der Waals surface area contributed by atoms with Gasteiger partial charge in [-0.3, -0.25) is 0 Å². The molecule has 1 aromatic heterocycles. The van der Waals surface area contributed by atoms with Crippen LogP contribution in [0.25, 0.3) is 0 Å². The average Bonchev–Trinajstić information content (AvgIpc) is 2.76. The minimum atomic E-state index is -0.461. The molecule has 0 aliphatic rings. The fourth-order valence-corrected chi connectivity index (χ4v) is 1.95. The Morgan fingerprint density at radius 2 is 2.06 bits per heavy atom. The number of benzene rings is 1. The van der Waals surface area contributed by atoms with Gasteiger partial charge in [0.2, 0.25) is 0 Å². The van der Waals surface area contributed by atoms with Crippen molar-refractivity contribution < 1.29 is 14.3 Å². The highest BCUT2D eigenvalue weighted by atomic mass is 32.1. The number of nitrogen functional groups attached to an aromatic ring is 1. The Bertz CT molecular complexity index is 536. The van der Waals surface area contributed by atoms with Crippen LogP contribution in [0.4, 0.5) is 5.00 Å². The molecule has 1 aromatic carbocycles. The van der Waals surface area contributed by atoms with Crippen molar-refractivity contribution in [3.05, 3.63) is 41.3 Å². The van der Waals surface area contributed by atoms with Gasteiger partial charge in [0.1, 0.15) is 16.5 Å².